The molecule has 1 fully saturated rings. The van der Waals surface area contributed by atoms with E-state index in [0.717, 1.165) is 48.8 Å². The Morgan fingerprint density at radius 1 is 1.07 bits per heavy atom. The molecule has 30 heavy (non-hydrogen) atoms. The number of aliphatic hydroxyl groups excluding tert-OH is 1. The highest BCUT2D eigenvalue weighted by molar-refractivity contribution is 5.73. The van der Waals surface area contributed by atoms with Gasteiger partial charge in [-0.3, -0.25) is 4.98 Å². The molecule has 5 rings (SSSR count). The summed E-state index contributed by atoms with van der Waals surface area (Å²) in [6.07, 6.45) is 1.64. The minimum atomic E-state index is -0.287. The normalized spacial score (nSPS) is 14.4. The van der Waals surface area contributed by atoms with Crippen molar-refractivity contribution in [2.75, 3.05) is 31.2 Å². The van der Waals surface area contributed by atoms with Crippen molar-refractivity contribution in [2.24, 2.45) is 0 Å². The zero-order chi connectivity index (χ0) is 20.5. The fraction of sp³-hybridized carbons (Fsp3) is 0.227. The van der Waals surface area contributed by atoms with Crippen molar-refractivity contribution in [1.82, 2.24) is 19.5 Å². The topological polar surface area (TPSA) is 96.3 Å². The number of aromatic amines is 1. The minimum absolute atomic E-state index is 0.0445. The van der Waals surface area contributed by atoms with Gasteiger partial charge in [0, 0.05) is 24.3 Å². The van der Waals surface area contributed by atoms with Gasteiger partial charge in [-0.2, -0.15) is 0 Å². The average Bonchev–Trinajstić information content (AvgIpc) is 3.14. The van der Waals surface area contributed by atoms with E-state index in [2.05, 4.69) is 19.9 Å². The largest absolute Gasteiger partial charge is 0.392 e. The van der Waals surface area contributed by atoms with E-state index in [0.29, 0.717) is 17.0 Å². The van der Waals surface area contributed by atoms with Gasteiger partial charge in [-0.25, -0.2) is 19.3 Å². The first-order valence-electron chi connectivity index (χ1n) is 9.84. The number of H-pyrrole nitrogens is 1. The van der Waals surface area contributed by atoms with E-state index in [4.69, 9.17) is 4.74 Å². The number of benzene rings is 2. The molecule has 0 saturated carbocycles. The first-order valence-corrected chi connectivity index (χ1v) is 9.84. The quantitative estimate of drug-likeness (QED) is 0.542. The Balaban J connectivity index is 1.50. The summed E-state index contributed by atoms with van der Waals surface area (Å²) in [6.45, 7) is 3.12. The summed E-state index contributed by atoms with van der Waals surface area (Å²) in [4.78, 5) is 26.8. The molecular formula is C22H21N5O3. The predicted octanol–water partition coefficient (Wildman–Crippen LogP) is 2.10. The van der Waals surface area contributed by atoms with Crippen molar-refractivity contribution < 1.29 is 9.84 Å². The Hall–Kier alpha value is -3.49. The summed E-state index contributed by atoms with van der Waals surface area (Å²) in [5.41, 5.74) is 4.70. The Morgan fingerprint density at radius 2 is 1.83 bits per heavy atom. The van der Waals surface area contributed by atoms with Gasteiger partial charge >= 0.3 is 5.69 Å². The number of ether oxygens (including phenoxy) is 1. The van der Waals surface area contributed by atoms with E-state index in [1.165, 1.54) is 4.57 Å². The molecule has 2 N–H and O–H groups in total. The molecular weight excluding hydrogens is 382 g/mol. The molecule has 1 aliphatic heterocycles. The van der Waals surface area contributed by atoms with Crippen LogP contribution < -0.4 is 10.6 Å². The zero-order valence-corrected chi connectivity index (χ0v) is 16.3. The third-order valence-electron chi connectivity index (χ3n) is 5.28. The first kappa shape index (κ1) is 18.5. The number of hydrogen-bond donors (Lipinski definition) is 2. The molecule has 0 spiro atoms. The van der Waals surface area contributed by atoms with Crippen molar-refractivity contribution in [3.8, 4) is 16.9 Å². The van der Waals surface area contributed by atoms with E-state index in [-0.39, 0.29) is 12.3 Å². The van der Waals surface area contributed by atoms with Crippen LogP contribution in [-0.4, -0.2) is 50.9 Å². The van der Waals surface area contributed by atoms with Crippen LogP contribution in [0.25, 0.3) is 28.2 Å². The minimum Gasteiger partial charge on any atom is -0.392 e. The van der Waals surface area contributed by atoms with Crippen LogP contribution in [0.4, 0.5) is 5.69 Å². The van der Waals surface area contributed by atoms with Crippen LogP contribution in [-0.2, 0) is 11.3 Å². The molecule has 1 saturated heterocycles. The standard InChI is InChI=1S/C22H21N5O3/c28-14-15-2-1-3-16(12-15)19-13-23-21-20(24-19)25-22(29)27(21)18-6-4-17(5-7-18)26-8-10-30-11-9-26/h1-7,12-13,28H,8-11,14H2,(H,24,25,29). The van der Waals surface area contributed by atoms with E-state index in [1.807, 2.05) is 48.5 Å². The summed E-state index contributed by atoms with van der Waals surface area (Å²) in [5, 5.41) is 9.35. The van der Waals surface area contributed by atoms with Crippen LogP contribution in [0.3, 0.4) is 0 Å². The van der Waals surface area contributed by atoms with E-state index in [1.54, 1.807) is 6.20 Å². The van der Waals surface area contributed by atoms with Gasteiger partial charge in [0.1, 0.15) is 0 Å². The zero-order valence-electron chi connectivity index (χ0n) is 16.3. The number of imidazole rings is 1. The van der Waals surface area contributed by atoms with E-state index >= 15 is 0 Å². The lowest BCUT2D eigenvalue weighted by molar-refractivity contribution is 0.122. The number of hydrogen-bond acceptors (Lipinski definition) is 6. The van der Waals surface area contributed by atoms with Gasteiger partial charge in [-0.15, -0.1) is 0 Å². The number of anilines is 1. The fourth-order valence-electron chi connectivity index (χ4n) is 3.73. The number of rotatable bonds is 4. The molecule has 0 aliphatic carbocycles. The van der Waals surface area contributed by atoms with Crippen molar-refractivity contribution in [3.05, 3.63) is 70.8 Å². The van der Waals surface area contributed by atoms with Gasteiger partial charge < -0.3 is 14.7 Å². The fourth-order valence-corrected chi connectivity index (χ4v) is 3.73. The van der Waals surface area contributed by atoms with E-state index < -0.39 is 0 Å². The highest BCUT2D eigenvalue weighted by Crippen LogP contribution is 2.22. The lowest BCUT2D eigenvalue weighted by atomic mass is 10.1. The molecule has 0 bridgehead atoms. The SMILES string of the molecule is O=c1[nH]c2nc(-c3cccc(CO)c3)cnc2n1-c1ccc(N2CCOCC2)cc1. The number of morpholine rings is 1. The predicted molar refractivity (Wildman–Crippen MR) is 114 cm³/mol. The second-order valence-corrected chi connectivity index (χ2v) is 7.17. The highest BCUT2D eigenvalue weighted by atomic mass is 16.5. The van der Waals surface area contributed by atoms with Crippen LogP contribution in [0.1, 0.15) is 5.56 Å². The third-order valence-corrected chi connectivity index (χ3v) is 5.28. The van der Waals surface area contributed by atoms with Crippen LogP contribution in [0.5, 0.6) is 0 Å². The lowest BCUT2D eigenvalue weighted by Crippen LogP contribution is -2.36. The molecule has 3 heterocycles. The highest BCUT2D eigenvalue weighted by Gasteiger charge is 2.15. The van der Waals surface area contributed by atoms with Gasteiger partial charge in [0.15, 0.2) is 11.3 Å². The monoisotopic (exact) mass is 403 g/mol. The maximum atomic E-state index is 12.6. The van der Waals surface area contributed by atoms with Gasteiger partial charge in [-0.1, -0.05) is 18.2 Å². The Morgan fingerprint density at radius 3 is 2.60 bits per heavy atom. The second-order valence-electron chi connectivity index (χ2n) is 7.17. The van der Waals surface area contributed by atoms with Gasteiger partial charge in [0.05, 0.1) is 37.4 Å². The summed E-state index contributed by atoms with van der Waals surface area (Å²) < 4.78 is 6.93. The Kier molecular flexibility index (Phi) is 4.78. The average molecular weight is 403 g/mol. The molecule has 0 atom stereocenters. The van der Waals surface area contributed by atoms with Gasteiger partial charge in [0.2, 0.25) is 0 Å². The van der Waals surface area contributed by atoms with Crippen molar-refractivity contribution in [3.63, 3.8) is 0 Å². The molecule has 0 amide bonds. The molecule has 4 aromatic rings. The van der Waals surface area contributed by atoms with E-state index in [9.17, 15) is 9.90 Å². The molecule has 1 aliphatic rings. The number of aromatic nitrogens is 4. The Labute approximate surface area is 172 Å². The smallest absolute Gasteiger partial charge is 0.333 e. The number of nitrogens with zero attached hydrogens (tertiary/aromatic N) is 4. The number of nitrogens with one attached hydrogen (secondary N) is 1. The number of aliphatic hydroxyl groups is 1. The molecule has 2 aromatic carbocycles. The summed E-state index contributed by atoms with van der Waals surface area (Å²) in [7, 11) is 0. The second kappa shape index (κ2) is 7.74. The van der Waals surface area contributed by atoms with Gasteiger partial charge in [0.25, 0.3) is 0 Å². The molecule has 0 radical (unpaired) electrons. The Bertz CT molecular complexity index is 1240. The number of fused-ring (bicyclic) bond motifs is 1. The van der Waals surface area contributed by atoms with Crippen LogP contribution in [0.2, 0.25) is 0 Å². The molecule has 2 aromatic heterocycles. The van der Waals surface area contributed by atoms with Crippen molar-refractivity contribution in [1.29, 1.82) is 0 Å². The summed E-state index contributed by atoms with van der Waals surface area (Å²) in [6, 6.07) is 15.3. The third kappa shape index (κ3) is 3.36. The lowest BCUT2D eigenvalue weighted by Gasteiger charge is -2.28. The summed E-state index contributed by atoms with van der Waals surface area (Å²) >= 11 is 0. The van der Waals surface area contributed by atoms with Crippen molar-refractivity contribution in [2.45, 2.75) is 6.61 Å². The molecule has 0 unspecified atom stereocenters. The molecule has 8 nitrogen and oxygen atoms in total. The van der Waals surface area contributed by atoms with Crippen LogP contribution in [0, 0.1) is 0 Å². The van der Waals surface area contributed by atoms with Gasteiger partial charge in [-0.05, 0) is 35.9 Å². The maximum Gasteiger partial charge on any atom is 0.333 e. The van der Waals surface area contributed by atoms with Crippen molar-refractivity contribution >= 4 is 17.0 Å². The maximum absolute atomic E-state index is 12.6. The molecule has 152 valence electrons. The molecule has 8 heteroatoms. The van der Waals surface area contributed by atoms with Crippen LogP contribution in [0.15, 0.2) is 59.5 Å². The summed E-state index contributed by atoms with van der Waals surface area (Å²) in [5.74, 6) is 0. The first-order chi connectivity index (χ1) is 14.7. The van der Waals surface area contributed by atoms with Crippen LogP contribution >= 0.6 is 0 Å².